The van der Waals surface area contributed by atoms with Crippen molar-refractivity contribution in [3.63, 3.8) is 0 Å². The maximum absolute atomic E-state index is 5.50. The van der Waals surface area contributed by atoms with E-state index in [1.165, 1.54) is 5.56 Å². The van der Waals surface area contributed by atoms with E-state index in [2.05, 4.69) is 53.6 Å². The van der Waals surface area contributed by atoms with E-state index in [1.54, 1.807) is 14.2 Å². The Morgan fingerprint density at radius 3 is 2.37 bits per heavy atom. The molecule has 0 spiro atoms. The molecule has 1 heterocycles. The summed E-state index contributed by atoms with van der Waals surface area (Å²) >= 11 is 0. The first-order valence-electron chi connectivity index (χ1n) is 8.79. The maximum Gasteiger partial charge on any atom is 0.238 e. The van der Waals surface area contributed by atoms with Gasteiger partial charge in [-0.25, -0.2) is 4.98 Å². The molecule has 1 aromatic heterocycles. The van der Waals surface area contributed by atoms with Crippen molar-refractivity contribution < 1.29 is 9.47 Å². The van der Waals surface area contributed by atoms with E-state index in [4.69, 9.17) is 9.47 Å². The quantitative estimate of drug-likeness (QED) is 0.666. The zero-order chi connectivity index (χ0) is 19.2. The molecule has 0 aliphatic heterocycles. The van der Waals surface area contributed by atoms with Crippen molar-refractivity contribution in [1.82, 2.24) is 9.88 Å². The summed E-state index contributed by atoms with van der Waals surface area (Å²) in [4.78, 5) is 6.79. The second kappa shape index (κ2) is 8.56. The van der Waals surface area contributed by atoms with Crippen LogP contribution in [-0.4, -0.2) is 38.2 Å². The first-order chi connectivity index (χ1) is 13.1. The first-order valence-corrected chi connectivity index (χ1v) is 8.79. The predicted octanol–water partition coefficient (Wildman–Crippen LogP) is 4.57. The lowest BCUT2D eigenvalue weighted by Gasteiger charge is -2.13. The number of hydrogen-bond donors (Lipinski definition) is 1. The number of rotatable bonds is 7. The molecular formula is C22H25N3O2. The van der Waals surface area contributed by atoms with Crippen LogP contribution in [0.4, 0.5) is 11.4 Å². The average Bonchev–Trinajstić information content (AvgIpc) is 2.69. The second-order valence-electron chi connectivity index (χ2n) is 6.54. The fourth-order valence-electron chi connectivity index (χ4n) is 2.85. The zero-order valence-corrected chi connectivity index (χ0v) is 16.2. The van der Waals surface area contributed by atoms with Crippen molar-refractivity contribution in [2.75, 3.05) is 33.6 Å². The van der Waals surface area contributed by atoms with Crippen molar-refractivity contribution in [1.29, 1.82) is 0 Å². The normalized spacial score (nSPS) is 10.7. The van der Waals surface area contributed by atoms with Gasteiger partial charge in [0.2, 0.25) is 5.88 Å². The lowest BCUT2D eigenvalue weighted by molar-refractivity contribution is 0.400. The van der Waals surface area contributed by atoms with E-state index >= 15 is 0 Å². The number of aromatic nitrogens is 1. The molecule has 0 radical (unpaired) electrons. The van der Waals surface area contributed by atoms with Crippen LogP contribution in [0, 0.1) is 0 Å². The molecule has 3 aromatic rings. The number of pyridine rings is 1. The number of anilines is 2. The number of benzene rings is 2. The molecule has 0 atom stereocenters. The van der Waals surface area contributed by atoms with Crippen LogP contribution in [0.25, 0.3) is 11.3 Å². The minimum atomic E-state index is 0.549. The summed E-state index contributed by atoms with van der Waals surface area (Å²) in [6.07, 6.45) is 0. The Balaban J connectivity index is 1.82. The van der Waals surface area contributed by atoms with E-state index in [9.17, 15) is 0 Å². The summed E-state index contributed by atoms with van der Waals surface area (Å²) in [5.41, 5.74) is 4.89. The molecule has 140 valence electrons. The van der Waals surface area contributed by atoms with Crippen LogP contribution in [0.1, 0.15) is 5.56 Å². The SMILES string of the molecule is COc1cccc(-c2ccc(Nc3ccc(CN(C)C)cc3)c(OC)n2)c1. The van der Waals surface area contributed by atoms with Crippen LogP contribution in [0.5, 0.6) is 11.6 Å². The molecule has 2 aromatic carbocycles. The van der Waals surface area contributed by atoms with Gasteiger partial charge in [-0.2, -0.15) is 0 Å². The highest BCUT2D eigenvalue weighted by molar-refractivity contribution is 5.69. The Morgan fingerprint density at radius 1 is 0.926 bits per heavy atom. The summed E-state index contributed by atoms with van der Waals surface area (Å²) in [7, 11) is 7.41. The molecular weight excluding hydrogens is 338 g/mol. The second-order valence-corrected chi connectivity index (χ2v) is 6.54. The number of nitrogens with one attached hydrogen (secondary N) is 1. The molecule has 0 bridgehead atoms. The Bertz CT molecular complexity index is 892. The van der Waals surface area contributed by atoms with E-state index in [0.29, 0.717) is 5.88 Å². The van der Waals surface area contributed by atoms with Crippen LogP contribution >= 0.6 is 0 Å². The van der Waals surface area contributed by atoms with Crippen LogP contribution in [0.15, 0.2) is 60.7 Å². The summed E-state index contributed by atoms with van der Waals surface area (Å²) < 4.78 is 10.8. The van der Waals surface area contributed by atoms with Crippen LogP contribution in [-0.2, 0) is 6.54 Å². The Hall–Kier alpha value is -3.05. The Kier molecular flexibility index (Phi) is 5.94. The highest BCUT2D eigenvalue weighted by Gasteiger charge is 2.09. The molecule has 0 saturated carbocycles. The van der Waals surface area contributed by atoms with Gasteiger partial charge in [-0.1, -0.05) is 24.3 Å². The van der Waals surface area contributed by atoms with Gasteiger partial charge in [0.25, 0.3) is 0 Å². The largest absolute Gasteiger partial charge is 0.497 e. The molecule has 0 fully saturated rings. The van der Waals surface area contributed by atoms with Crippen molar-refractivity contribution in [3.8, 4) is 22.9 Å². The summed E-state index contributed by atoms with van der Waals surface area (Å²) in [6.45, 7) is 0.917. The van der Waals surface area contributed by atoms with Crippen molar-refractivity contribution in [2.45, 2.75) is 6.54 Å². The van der Waals surface area contributed by atoms with Crippen molar-refractivity contribution >= 4 is 11.4 Å². The third kappa shape index (κ3) is 4.77. The van der Waals surface area contributed by atoms with E-state index in [1.807, 2.05) is 36.4 Å². The number of nitrogens with zero attached hydrogens (tertiary/aromatic N) is 2. The van der Waals surface area contributed by atoms with Gasteiger partial charge in [-0.3, -0.25) is 0 Å². The third-order valence-corrected chi connectivity index (χ3v) is 4.15. The van der Waals surface area contributed by atoms with E-state index in [0.717, 1.165) is 34.9 Å². The molecule has 3 rings (SSSR count). The maximum atomic E-state index is 5.50. The fraction of sp³-hybridized carbons (Fsp3) is 0.227. The molecule has 1 N–H and O–H groups in total. The van der Waals surface area contributed by atoms with Crippen LogP contribution < -0.4 is 14.8 Å². The minimum Gasteiger partial charge on any atom is -0.497 e. The predicted molar refractivity (Wildman–Crippen MR) is 110 cm³/mol. The van der Waals surface area contributed by atoms with Gasteiger partial charge in [0.15, 0.2) is 0 Å². The standard InChI is InChI=1S/C22H25N3O2/c1-25(2)15-16-8-10-18(11-9-16)23-21-13-12-20(24-22(21)27-4)17-6-5-7-19(14-17)26-3/h5-14,23H,15H2,1-4H3. The molecule has 0 aliphatic rings. The van der Waals surface area contributed by atoms with E-state index < -0.39 is 0 Å². The third-order valence-electron chi connectivity index (χ3n) is 4.15. The van der Waals surface area contributed by atoms with E-state index in [-0.39, 0.29) is 0 Å². The minimum absolute atomic E-state index is 0.549. The highest BCUT2D eigenvalue weighted by atomic mass is 16.5. The Labute approximate surface area is 160 Å². The summed E-state index contributed by atoms with van der Waals surface area (Å²) in [5.74, 6) is 1.35. The highest BCUT2D eigenvalue weighted by Crippen LogP contribution is 2.30. The van der Waals surface area contributed by atoms with Crippen molar-refractivity contribution in [2.24, 2.45) is 0 Å². The van der Waals surface area contributed by atoms with Gasteiger partial charge in [0.1, 0.15) is 11.4 Å². The van der Waals surface area contributed by atoms with Gasteiger partial charge in [-0.15, -0.1) is 0 Å². The lowest BCUT2D eigenvalue weighted by atomic mass is 10.1. The molecule has 5 nitrogen and oxygen atoms in total. The zero-order valence-electron chi connectivity index (χ0n) is 16.2. The van der Waals surface area contributed by atoms with Crippen LogP contribution in [0.2, 0.25) is 0 Å². The molecule has 0 amide bonds. The Morgan fingerprint density at radius 2 is 1.70 bits per heavy atom. The molecule has 0 unspecified atom stereocenters. The monoisotopic (exact) mass is 363 g/mol. The number of ether oxygens (including phenoxy) is 2. The van der Waals surface area contributed by atoms with Gasteiger partial charge in [0, 0.05) is 17.8 Å². The molecule has 5 heteroatoms. The smallest absolute Gasteiger partial charge is 0.238 e. The molecule has 27 heavy (non-hydrogen) atoms. The fourth-order valence-corrected chi connectivity index (χ4v) is 2.85. The van der Waals surface area contributed by atoms with Crippen LogP contribution in [0.3, 0.4) is 0 Å². The lowest BCUT2D eigenvalue weighted by Crippen LogP contribution is -2.10. The van der Waals surface area contributed by atoms with Gasteiger partial charge < -0.3 is 19.7 Å². The van der Waals surface area contributed by atoms with Gasteiger partial charge >= 0.3 is 0 Å². The number of methoxy groups -OCH3 is 2. The van der Waals surface area contributed by atoms with Gasteiger partial charge in [0.05, 0.1) is 19.9 Å². The summed E-state index contributed by atoms with van der Waals surface area (Å²) in [5, 5.41) is 3.38. The van der Waals surface area contributed by atoms with Gasteiger partial charge in [-0.05, 0) is 56.1 Å². The number of hydrogen-bond acceptors (Lipinski definition) is 5. The first kappa shape index (κ1) is 18.7. The average molecular weight is 363 g/mol. The van der Waals surface area contributed by atoms with Crippen molar-refractivity contribution in [3.05, 3.63) is 66.2 Å². The topological polar surface area (TPSA) is 46.6 Å². The molecule has 0 saturated heterocycles. The summed E-state index contributed by atoms with van der Waals surface area (Å²) in [6, 6.07) is 20.1. The molecule has 0 aliphatic carbocycles.